The Labute approximate surface area is 89.3 Å². The van der Waals surface area contributed by atoms with Gasteiger partial charge in [-0.2, -0.15) is 0 Å². The van der Waals surface area contributed by atoms with Crippen LogP contribution in [0.1, 0.15) is 18.9 Å². The molecule has 0 aromatic heterocycles. The summed E-state index contributed by atoms with van der Waals surface area (Å²) in [5.41, 5.74) is -0.610. The van der Waals surface area contributed by atoms with Crippen LogP contribution in [0.15, 0.2) is 24.3 Å². The molecular formula is C12H16FNO. The molecule has 1 aliphatic heterocycles. The molecule has 1 heterocycles. The van der Waals surface area contributed by atoms with Crippen molar-refractivity contribution in [3.63, 3.8) is 0 Å². The second kappa shape index (κ2) is 3.58. The van der Waals surface area contributed by atoms with Gasteiger partial charge in [0.1, 0.15) is 11.4 Å². The maximum atomic E-state index is 13.6. The van der Waals surface area contributed by atoms with Gasteiger partial charge < -0.3 is 10.0 Å². The van der Waals surface area contributed by atoms with Gasteiger partial charge in [0, 0.05) is 18.2 Å². The zero-order valence-electron chi connectivity index (χ0n) is 9.07. The average molecular weight is 209 g/mol. The Morgan fingerprint density at radius 2 is 2.13 bits per heavy atom. The maximum Gasteiger partial charge on any atom is 0.129 e. The van der Waals surface area contributed by atoms with Gasteiger partial charge in [-0.05, 0) is 26.5 Å². The van der Waals surface area contributed by atoms with Crippen LogP contribution in [-0.2, 0) is 5.60 Å². The Kier molecular flexibility index (Phi) is 2.52. The number of rotatable bonds is 1. The molecule has 1 aromatic carbocycles. The average Bonchev–Trinajstić information content (AvgIpc) is 2.42. The predicted molar refractivity (Wildman–Crippen MR) is 57.0 cm³/mol. The molecule has 0 aliphatic carbocycles. The number of hydrogen-bond donors (Lipinski definition) is 1. The summed E-state index contributed by atoms with van der Waals surface area (Å²) >= 11 is 0. The molecule has 82 valence electrons. The van der Waals surface area contributed by atoms with Gasteiger partial charge in [-0.3, -0.25) is 0 Å². The molecule has 1 fully saturated rings. The van der Waals surface area contributed by atoms with Gasteiger partial charge in [0.25, 0.3) is 0 Å². The van der Waals surface area contributed by atoms with Crippen molar-refractivity contribution in [1.29, 1.82) is 0 Å². The monoisotopic (exact) mass is 209 g/mol. The van der Waals surface area contributed by atoms with Crippen LogP contribution in [0.4, 0.5) is 4.39 Å². The molecule has 3 heteroatoms. The summed E-state index contributed by atoms with van der Waals surface area (Å²) in [5.74, 6) is -0.317. The van der Waals surface area contributed by atoms with Crippen molar-refractivity contribution in [3.05, 3.63) is 35.6 Å². The third-order valence-electron chi connectivity index (χ3n) is 3.27. The molecule has 0 radical (unpaired) electrons. The maximum absolute atomic E-state index is 13.6. The topological polar surface area (TPSA) is 23.5 Å². The van der Waals surface area contributed by atoms with Crippen LogP contribution in [0, 0.1) is 5.82 Å². The number of likely N-dealkylation sites (N-methyl/N-ethyl adjacent to an activating group) is 1. The van der Waals surface area contributed by atoms with E-state index in [2.05, 4.69) is 0 Å². The van der Waals surface area contributed by atoms with E-state index in [0.717, 1.165) is 0 Å². The van der Waals surface area contributed by atoms with Crippen LogP contribution >= 0.6 is 0 Å². The summed E-state index contributed by atoms with van der Waals surface area (Å²) in [4.78, 5) is 2.05. The molecule has 0 saturated carbocycles. The van der Waals surface area contributed by atoms with Gasteiger partial charge in [-0.25, -0.2) is 4.39 Å². The molecule has 2 nitrogen and oxygen atoms in total. The van der Waals surface area contributed by atoms with E-state index in [0.29, 0.717) is 18.5 Å². The summed E-state index contributed by atoms with van der Waals surface area (Å²) in [6, 6.07) is 6.76. The van der Waals surface area contributed by atoms with Crippen molar-refractivity contribution in [2.75, 3.05) is 13.6 Å². The van der Waals surface area contributed by atoms with Crippen LogP contribution in [0.3, 0.4) is 0 Å². The van der Waals surface area contributed by atoms with E-state index in [1.165, 1.54) is 6.07 Å². The van der Waals surface area contributed by atoms with Gasteiger partial charge in [-0.15, -0.1) is 0 Å². The normalized spacial score (nSPS) is 32.1. The lowest BCUT2D eigenvalue weighted by Gasteiger charge is -2.23. The summed E-state index contributed by atoms with van der Waals surface area (Å²) in [6.45, 7) is 2.54. The number of nitrogens with zero attached hydrogens (tertiary/aromatic N) is 1. The second-order valence-electron chi connectivity index (χ2n) is 4.48. The van der Waals surface area contributed by atoms with Crippen LogP contribution in [0.2, 0.25) is 0 Å². The largest absolute Gasteiger partial charge is 0.384 e. The summed E-state index contributed by atoms with van der Waals surface area (Å²) in [6.07, 6.45) is 0.588. The zero-order chi connectivity index (χ0) is 11.1. The lowest BCUT2D eigenvalue weighted by molar-refractivity contribution is 0.0449. The molecule has 15 heavy (non-hydrogen) atoms. The van der Waals surface area contributed by atoms with Gasteiger partial charge in [0.2, 0.25) is 0 Å². The molecule has 0 amide bonds. The van der Waals surface area contributed by atoms with Crippen molar-refractivity contribution in [1.82, 2.24) is 4.90 Å². The van der Waals surface area contributed by atoms with E-state index in [9.17, 15) is 9.50 Å². The molecule has 1 aromatic rings. The molecular weight excluding hydrogens is 193 g/mol. The van der Waals surface area contributed by atoms with Crippen LogP contribution in [-0.4, -0.2) is 29.6 Å². The quantitative estimate of drug-likeness (QED) is 0.761. The lowest BCUT2D eigenvalue weighted by Crippen LogP contribution is -2.30. The smallest absolute Gasteiger partial charge is 0.129 e. The highest BCUT2D eigenvalue weighted by molar-refractivity contribution is 5.26. The molecule has 1 aliphatic rings. The molecule has 2 atom stereocenters. The van der Waals surface area contributed by atoms with Crippen molar-refractivity contribution in [3.8, 4) is 0 Å². The Balaban J connectivity index is 2.35. The Morgan fingerprint density at radius 3 is 2.67 bits per heavy atom. The first kappa shape index (κ1) is 10.6. The number of benzene rings is 1. The SMILES string of the molecule is CC1CC(O)(c2ccccc2F)CN1C. The fourth-order valence-corrected chi connectivity index (χ4v) is 2.31. The standard InChI is InChI=1S/C12H16FNO/c1-9-7-12(15,8-14(9)2)10-5-3-4-6-11(10)13/h3-6,9,15H,7-8H2,1-2H3. The van der Waals surface area contributed by atoms with Crippen molar-refractivity contribution >= 4 is 0 Å². The number of likely N-dealkylation sites (tertiary alicyclic amines) is 1. The van der Waals surface area contributed by atoms with Crippen molar-refractivity contribution in [2.24, 2.45) is 0 Å². The van der Waals surface area contributed by atoms with Gasteiger partial charge in [0.05, 0.1) is 0 Å². The highest BCUT2D eigenvalue weighted by atomic mass is 19.1. The number of hydrogen-bond acceptors (Lipinski definition) is 2. The Hall–Kier alpha value is -0.930. The summed E-state index contributed by atoms with van der Waals surface area (Å²) < 4.78 is 13.6. The first-order valence-electron chi connectivity index (χ1n) is 5.20. The van der Waals surface area contributed by atoms with Crippen LogP contribution < -0.4 is 0 Å². The Bertz CT molecular complexity index is 356. The van der Waals surface area contributed by atoms with Gasteiger partial charge in [-0.1, -0.05) is 18.2 Å². The number of aliphatic hydroxyl groups is 1. The fraction of sp³-hybridized carbons (Fsp3) is 0.500. The van der Waals surface area contributed by atoms with E-state index < -0.39 is 5.60 Å². The zero-order valence-corrected chi connectivity index (χ0v) is 9.07. The highest BCUT2D eigenvalue weighted by Crippen LogP contribution is 2.35. The molecule has 2 unspecified atom stereocenters. The third kappa shape index (κ3) is 1.77. The first-order chi connectivity index (χ1) is 7.03. The van der Waals surface area contributed by atoms with E-state index in [1.54, 1.807) is 18.2 Å². The predicted octanol–water partition coefficient (Wildman–Crippen LogP) is 1.74. The molecule has 0 spiro atoms. The van der Waals surface area contributed by atoms with E-state index >= 15 is 0 Å². The highest BCUT2D eigenvalue weighted by Gasteiger charge is 2.41. The van der Waals surface area contributed by atoms with Gasteiger partial charge in [0.15, 0.2) is 0 Å². The second-order valence-corrected chi connectivity index (χ2v) is 4.48. The minimum absolute atomic E-state index is 0.287. The number of halogens is 1. The van der Waals surface area contributed by atoms with Gasteiger partial charge >= 0.3 is 0 Å². The summed E-state index contributed by atoms with van der Waals surface area (Å²) in [7, 11) is 1.95. The molecule has 2 rings (SSSR count). The van der Waals surface area contributed by atoms with Crippen LogP contribution in [0.5, 0.6) is 0 Å². The third-order valence-corrected chi connectivity index (χ3v) is 3.27. The van der Waals surface area contributed by atoms with Crippen LogP contribution in [0.25, 0.3) is 0 Å². The van der Waals surface area contributed by atoms with E-state index in [1.807, 2.05) is 18.9 Å². The summed E-state index contributed by atoms with van der Waals surface area (Å²) in [5, 5.41) is 10.4. The molecule has 0 bridgehead atoms. The van der Waals surface area contributed by atoms with Crippen molar-refractivity contribution < 1.29 is 9.50 Å². The minimum atomic E-state index is -1.03. The fourth-order valence-electron chi connectivity index (χ4n) is 2.31. The molecule has 1 N–H and O–H groups in total. The number of β-amino-alcohol motifs (C(OH)–C–C–N with tert-alkyl or cyclic N) is 1. The lowest BCUT2D eigenvalue weighted by atomic mass is 9.91. The van der Waals surface area contributed by atoms with E-state index in [4.69, 9.17) is 0 Å². The molecule has 1 saturated heterocycles. The van der Waals surface area contributed by atoms with Crippen molar-refractivity contribution in [2.45, 2.75) is 25.0 Å². The van der Waals surface area contributed by atoms with E-state index in [-0.39, 0.29) is 11.9 Å². The minimum Gasteiger partial charge on any atom is -0.384 e. The Morgan fingerprint density at radius 1 is 1.47 bits per heavy atom. The first-order valence-corrected chi connectivity index (χ1v) is 5.20.